The Bertz CT molecular complexity index is 341. The van der Waals surface area contributed by atoms with Crippen molar-refractivity contribution < 1.29 is 13.5 Å². The fraction of sp³-hybridized carbons (Fsp3) is 0.333. The predicted octanol–water partition coefficient (Wildman–Crippen LogP) is 1.75. The minimum atomic E-state index is -0.676. The summed E-state index contributed by atoms with van der Waals surface area (Å²) in [6, 6.07) is 1.70. The van der Waals surface area contributed by atoms with Gasteiger partial charge >= 0.3 is 0 Å². The van der Waals surface area contributed by atoms with Crippen molar-refractivity contribution in [1.82, 2.24) is 0 Å². The summed E-state index contributed by atoms with van der Waals surface area (Å²) in [5, 5.41) is 0. The maximum Gasteiger partial charge on any atom is 0.168 e. The summed E-state index contributed by atoms with van der Waals surface area (Å²) in [5.41, 5.74) is 6.09. The van der Waals surface area contributed by atoms with Crippen molar-refractivity contribution in [1.29, 1.82) is 0 Å². The zero-order chi connectivity index (χ0) is 9.42. The lowest BCUT2D eigenvalue weighted by Crippen LogP contribution is -2.21. The molecule has 0 spiro atoms. The van der Waals surface area contributed by atoms with Crippen molar-refractivity contribution in [2.75, 3.05) is 6.61 Å². The zero-order valence-electron chi connectivity index (χ0n) is 6.89. The van der Waals surface area contributed by atoms with Crippen molar-refractivity contribution in [3.63, 3.8) is 0 Å². The van der Waals surface area contributed by atoms with E-state index in [2.05, 4.69) is 0 Å². The predicted molar refractivity (Wildman–Crippen MR) is 43.4 cm³/mol. The lowest BCUT2D eigenvalue weighted by molar-refractivity contribution is 0.254. The lowest BCUT2D eigenvalue weighted by Gasteiger charge is -2.23. The Hall–Kier alpha value is -1.16. The Balaban J connectivity index is 2.56. The van der Waals surface area contributed by atoms with E-state index in [0.29, 0.717) is 18.6 Å². The highest BCUT2D eigenvalue weighted by atomic mass is 19.1. The number of hydrogen-bond acceptors (Lipinski definition) is 2. The molecule has 1 heterocycles. The number of rotatable bonds is 0. The van der Waals surface area contributed by atoms with Gasteiger partial charge in [-0.15, -0.1) is 0 Å². The summed E-state index contributed by atoms with van der Waals surface area (Å²) >= 11 is 0. The molecule has 13 heavy (non-hydrogen) atoms. The molecule has 1 aromatic carbocycles. The molecule has 4 heteroatoms. The largest absolute Gasteiger partial charge is 0.490 e. The third-order valence-corrected chi connectivity index (χ3v) is 2.11. The molecule has 2 N–H and O–H groups in total. The normalized spacial score (nSPS) is 20.7. The van der Waals surface area contributed by atoms with Crippen LogP contribution < -0.4 is 10.5 Å². The topological polar surface area (TPSA) is 35.2 Å². The van der Waals surface area contributed by atoms with E-state index in [0.717, 1.165) is 6.07 Å². The van der Waals surface area contributed by atoms with E-state index in [1.165, 1.54) is 6.07 Å². The van der Waals surface area contributed by atoms with E-state index < -0.39 is 11.6 Å². The highest BCUT2D eigenvalue weighted by Gasteiger charge is 2.22. The fourth-order valence-electron chi connectivity index (χ4n) is 1.45. The maximum atomic E-state index is 13.1. The van der Waals surface area contributed by atoms with Crippen LogP contribution in [0.4, 0.5) is 8.78 Å². The molecule has 1 aliphatic rings. The van der Waals surface area contributed by atoms with E-state index in [1.54, 1.807) is 0 Å². The Kier molecular flexibility index (Phi) is 1.92. The first kappa shape index (κ1) is 8.44. The summed E-state index contributed by atoms with van der Waals surface area (Å²) in [4.78, 5) is 0. The molecule has 0 amide bonds. The molecule has 0 unspecified atom stereocenters. The van der Waals surface area contributed by atoms with Gasteiger partial charge < -0.3 is 10.5 Å². The molecule has 0 fully saturated rings. The third-order valence-electron chi connectivity index (χ3n) is 2.11. The molecule has 2 nitrogen and oxygen atoms in total. The van der Waals surface area contributed by atoms with Crippen molar-refractivity contribution in [2.45, 2.75) is 12.5 Å². The fourth-order valence-corrected chi connectivity index (χ4v) is 1.45. The average Bonchev–Trinajstić information content (AvgIpc) is 2.07. The summed E-state index contributed by atoms with van der Waals surface area (Å²) in [6.45, 7) is 0.386. The number of benzene rings is 1. The van der Waals surface area contributed by atoms with Crippen molar-refractivity contribution in [3.8, 4) is 5.75 Å². The Morgan fingerprint density at radius 2 is 2.15 bits per heavy atom. The van der Waals surface area contributed by atoms with E-state index in [9.17, 15) is 8.78 Å². The first-order valence-electron chi connectivity index (χ1n) is 4.06. The van der Waals surface area contributed by atoms with Crippen LogP contribution in [-0.4, -0.2) is 6.61 Å². The van der Waals surface area contributed by atoms with Gasteiger partial charge in [0.2, 0.25) is 0 Å². The Morgan fingerprint density at radius 3 is 2.92 bits per heavy atom. The van der Waals surface area contributed by atoms with Crippen LogP contribution in [0.15, 0.2) is 12.1 Å². The number of nitrogens with two attached hydrogens (primary N) is 1. The molecule has 0 radical (unpaired) electrons. The van der Waals surface area contributed by atoms with Gasteiger partial charge in [0.05, 0.1) is 6.61 Å². The molecule has 1 aliphatic heterocycles. The molecule has 0 aliphatic carbocycles. The van der Waals surface area contributed by atoms with Gasteiger partial charge in [0.25, 0.3) is 0 Å². The van der Waals surface area contributed by atoms with Gasteiger partial charge in [-0.3, -0.25) is 0 Å². The summed E-state index contributed by atoms with van der Waals surface area (Å²) in [5.74, 6) is -1.19. The maximum absolute atomic E-state index is 13.1. The molecule has 0 aromatic heterocycles. The van der Waals surface area contributed by atoms with Crippen LogP contribution >= 0.6 is 0 Å². The molecule has 2 rings (SSSR count). The van der Waals surface area contributed by atoms with Gasteiger partial charge in [0.1, 0.15) is 5.82 Å². The lowest BCUT2D eigenvalue weighted by atomic mass is 10.0. The second-order valence-electron chi connectivity index (χ2n) is 3.05. The van der Waals surface area contributed by atoms with Crippen LogP contribution in [0.5, 0.6) is 5.75 Å². The molecule has 70 valence electrons. The average molecular weight is 185 g/mol. The SMILES string of the molecule is N[C@@H]1CCOc2c(F)cc(F)cc21. The summed E-state index contributed by atoms with van der Waals surface area (Å²) < 4.78 is 30.9. The van der Waals surface area contributed by atoms with Crippen LogP contribution in [0.2, 0.25) is 0 Å². The molecular formula is C9H9F2NO. The van der Waals surface area contributed by atoms with Crippen LogP contribution in [0.1, 0.15) is 18.0 Å². The summed E-state index contributed by atoms with van der Waals surface area (Å²) in [7, 11) is 0. The van der Waals surface area contributed by atoms with E-state index in [-0.39, 0.29) is 11.8 Å². The van der Waals surface area contributed by atoms with Crippen molar-refractivity contribution >= 4 is 0 Å². The third kappa shape index (κ3) is 1.37. The number of fused-ring (bicyclic) bond motifs is 1. The molecule has 0 bridgehead atoms. The van der Waals surface area contributed by atoms with Gasteiger partial charge in [-0.2, -0.15) is 0 Å². The summed E-state index contributed by atoms with van der Waals surface area (Å²) in [6.07, 6.45) is 0.593. The highest BCUT2D eigenvalue weighted by Crippen LogP contribution is 2.33. The molecule has 0 saturated heterocycles. The van der Waals surface area contributed by atoms with Gasteiger partial charge in [-0.05, 0) is 6.07 Å². The monoisotopic (exact) mass is 185 g/mol. The first-order valence-corrected chi connectivity index (χ1v) is 4.06. The molecular weight excluding hydrogens is 176 g/mol. The molecule has 1 aromatic rings. The number of halogens is 2. The quantitative estimate of drug-likeness (QED) is 0.668. The van der Waals surface area contributed by atoms with Crippen molar-refractivity contribution in [2.24, 2.45) is 5.73 Å². The van der Waals surface area contributed by atoms with Crippen molar-refractivity contribution in [3.05, 3.63) is 29.3 Å². The van der Waals surface area contributed by atoms with Crippen LogP contribution in [0.3, 0.4) is 0 Å². The molecule has 0 saturated carbocycles. The molecule has 1 atom stereocenters. The van der Waals surface area contributed by atoms with Gasteiger partial charge in [-0.25, -0.2) is 8.78 Å². The smallest absolute Gasteiger partial charge is 0.168 e. The van der Waals surface area contributed by atoms with Gasteiger partial charge in [0, 0.05) is 24.1 Å². The second-order valence-corrected chi connectivity index (χ2v) is 3.05. The van der Waals surface area contributed by atoms with Gasteiger partial charge in [-0.1, -0.05) is 0 Å². The van der Waals surface area contributed by atoms with Crippen LogP contribution in [0, 0.1) is 11.6 Å². The number of ether oxygens (including phenoxy) is 1. The van der Waals surface area contributed by atoms with E-state index in [1.807, 2.05) is 0 Å². The first-order chi connectivity index (χ1) is 6.18. The highest BCUT2D eigenvalue weighted by molar-refractivity contribution is 5.39. The Morgan fingerprint density at radius 1 is 1.38 bits per heavy atom. The Labute approximate surface area is 74.3 Å². The van der Waals surface area contributed by atoms with Crippen LogP contribution in [0.25, 0.3) is 0 Å². The van der Waals surface area contributed by atoms with E-state index in [4.69, 9.17) is 10.5 Å². The van der Waals surface area contributed by atoms with Gasteiger partial charge in [0.15, 0.2) is 11.6 Å². The minimum absolute atomic E-state index is 0.0974. The van der Waals surface area contributed by atoms with Crippen LogP contribution in [-0.2, 0) is 0 Å². The van der Waals surface area contributed by atoms with E-state index >= 15 is 0 Å². The number of hydrogen-bond donors (Lipinski definition) is 1. The minimum Gasteiger partial charge on any atom is -0.490 e. The second kappa shape index (κ2) is 2.96. The standard InChI is InChI=1S/C9H9F2NO/c10-5-3-6-8(12)1-2-13-9(6)7(11)4-5/h3-4,8H,1-2,12H2/t8-/m1/s1. The zero-order valence-corrected chi connectivity index (χ0v) is 6.89.